The first-order chi connectivity index (χ1) is 15.7. The molecule has 4 aromatic rings. The summed E-state index contributed by atoms with van der Waals surface area (Å²) in [6.45, 7) is 2.16. The van der Waals surface area contributed by atoms with E-state index in [4.69, 9.17) is 14.1 Å². The van der Waals surface area contributed by atoms with Crippen LogP contribution in [0, 0.1) is 0 Å². The van der Waals surface area contributed by atoms with Gasteiger partial charge in [0.15, 0.2) is 11.7 Å². The number of aryl methyl sites for hydroxylation is 2. The number of hydrogen-bond acceptors (Lipinski definition) is 4. The number of carbonyl (C=O) groups is 1. The van der Waals surface area contributed by atoms with E-state index in [1.54, 1.807) is 13.0 Å². The quantitative estimate of drug-likeness (QED) is 0.244. The summed E-state index contributed by atoms with van der Waals surface area (Å²) in [4.78, 5) is 16.4. The molecular formula is C28H25NO3. The lowest BCUT2D eigenvalue weighted by Gasteiger charge is -2.01. The van der Waals surface area contributed by atoms with Crippen molar-refractivity contribution in [1.82, 2.24) is 4.98 Å². The number of oxazole rings is 1. The Labute approximate surface area is 188 Å². The maximum atomic E-state index is 11.6. The molecule has 0 spiro atoms. The maximum absolute atomic E-state index is 11.6. The summed E-state index contributed by atoms with van der Waals surface area (Å²) in [5, 5.41) is 0. The molecule has 32 heavy (non-hydrogen) atoms. The number of esters is 1. The number of aromatic nitrogens is 1. The van der Waals surface area contributed by atoms with Crippen molar-refractivity contribution in [1.29, 1.82) is 0 Å². The summed E-state index contributed by atoms with van der Waals surface area (Å²) < 4.78 is 11.2. The van der Waals surface area contributed by atoms with Gasteiger partial charge in [0.1, 0.15) is 5.69 Å². The molecule has 1 heterocycles. The smallest absolute Gasteiger partial charge is 0.330 e. The molecule has 4 rings (SSSR count). The van der Waals surface area contributed by atoms with Crippen LogP contribution in [0.5, 0.6) is 0 Å². The normalized spacial score (nSPS) is 11.0. The molecule has 0 saturated heterocycles. The SMILES string of the molecule is CCOC(=O)/C=C/c1cccc(CCc2nc(-c3ccccc3)c(-c3ccccc3)o2)c1. The van der Waals surface area contributed by atoms with Crippen LogP contribution < -0.4 is 0 Å². The van der Waals surface area contributed by atoms with Crippen molar-refractivity contribution in [3.05, 3.63) is 108 Å². The molecule has 3 aromatic carbocycles. The summed E-state index contributed by atoms with van der Waals surface area (Å²) in [6.07, 6.45) is 4.68. The minimum absolute atomic E-state index is 0.334. The zero-order valence-corrected chi connectivity index (χ0v) is 18.0. The van der Waals surface area contributed by atoms with Crippen LogP contribution >= 0.6 is 0 Å². The lowest BCUT2D eigenvalue weighted by atomic mass is 10.1. The summed E-state index contributed by atoms with van der Waals surface area (Å²) in [7, 11) is 0. The molecule has 4 nitrogen and oxygen atoms in total. The van der Waals surface area contributed by atoms with Gasteiger partial charge in [-0.2, -0.15) is 0 Å². The third kappa shape index (κ3) is 5.41. The van der Waals surface area contributed by atoms with Crippen molar-refractivity contribution in [2.75, 3.05) is 6.61 Å². The third-order valence-electron chi connectivity index (χ3n) is 5.03. The van der Waals surface area contributed by atoms with Crippen LogP contribution in [0.1, 0.15) is 23.9 Å². The largest absolute Gasteiger partial charge is 0.463 e. The van der Waals surface area contributed by atoms with Crippen molar-refractivity contribution in [2.45, 2.75) is 19.8 Å². The van der Waals surface area contributed by atoms with Crippen molar-refractivity contribution < 1.29 is 13.9 Å². The fourth-order valence-corrected chi connectivity index (χ4v) is 3.51. The van der Waals surface area contributed by atoms with Gasteiger partial charge in [-0.15, -0.1) is 0 Å². The highest BCUT2D eigenvalue weighted by atomic mass is 16.5. The lowest BCUT2D eigenvalue weighted by Crippen LogP contribution is -1.98. The molecule has 0 saturated carbocycles. The molecule has 0 aliphatic rings. The summed E-state index contributed by atoms with van der Waals surface area (Å²) in [5.74, 6) is 1.16. The van der Waals surface area contributed by atoms with E-state index >= 15 is 0 Å². The van der Waals surface area contributed by atoms with E-state index in [1.165, 1.54) is 6.08 Å². The van der Waals surface area contributed by atoms with Gasteiger partial charge in [-0.25, -0.2) is 9.78 Å². The van der Waals surface area contributed by atoms with Crippen LogP contribution in [-0.4, -0.2) is 17.6 Å². The summed E-state index contributed by atoms with van der Waals surface area (Å²) >= 11 is 0. The molecule has 0 amide bonds. The van der Waals surface area contributed by atoms with Crippen LogP contribution in [0.3, 0.4) is 0 Å². The van der Waals surface area contributed by atoms with Crippen LogP contribution in [0.4, 0.5) is 0 Å². The third-order valence-corrected chi connectivity index (χ3v) is 5.03. The van der Waals surface area contributed by atoms with Crippen LogP contribution in [0.2, 0.25) is 0 Å². The summed E-state index contributed by atoms with van der Waals surface area (Å²) in [5.41, 5.74) is 5.01. The second-order valence-corrected chi connectivity index (χ2v) is 7.35. The van der Waals surface area contributed by atoms with Gasteiger partial charge >= 0.3 is 5.97 Å². The van der Waals surface area contributed by atoms with Gasteiger partial charge in [-0.1, -0.05) is 84.9 Å². The van der Waals surface area contributed by atoms with Gasteiger partial charge in [0.2, 0.25) is 0 Å². The molecule has 0 atom stereocenters. The number of rotatable bonds is 8. The Morgan fingerprint density at radius 2 is 1.62 bits per heavy atom. The highest BCUT2D eigenvalue weighted by molar-refractivity contribution is 5.87. The summed E-state index contributed by atoms with van der Waals surface area (Å²) in [6, 6.07) is 28.3. The number of ether oxygens (including phenoxy) is 1. The van der Waals surface area contributed by atoms with Crippen molar-refractivity contribution in [3.63, 3.8) is 0 Å². The van der Waals surface area contributed by atoms with Crippen LogP contribution in [0.25, 0.3) is 28.7 Å². The molecular weight excluding hydrogens is 398 g/mol. The lowest BCUT2D eigenvalue weighted by molar-refractivity contribution is -0.137. The molecule has 0 bridgehead atoms. The van der Waals surface area contributed by atoms with E-state index in [9.17, 15) is 4.79 Å². The van der Waals surface area contributed by atoms with E-state index in [0.29, 0.717) is 18.9 Å². The van der Waals surface area contributed by atoms with Crippen molar-refractivity contribution in [2.24, 2.45) is 0 Å². The van der Waals surface area contributed by atoms with Gasteiger partial charge in [0.05, 0.1) is 6.61 Å². The fraction of sp³-hybridized carbons (Fsp3) is 0.143. The molecule has 0 unspecified atom stereocenters. The Kier molecular flexibility index (Phi) is 6.93. The second kappa shape index (κ2) is 10.4. The molecule has 0 aliphatic heterocycles. The van der Waals surface area contributed by atoms with Gasteiger partial charge in [0, 0.05) is 23.6 Å². The first-order valence-electron chi connectivity index (χ1n) is 10.8. The van der Waals surface area contributed by atoms with E-state index in [0.717, 1.165) is 40.1 Å². The Bertz CT molecular complexity index is 1140. The monoisotopic (exact) mass is 423 g/mol. The highest BCUT2D eigenvalue weighted by Crippen LogP contribution is 2.32. The van der Waals surface area contributed by atoms with Crippen molar-refractivity contribution >= 4 is 12.0 Å². The minimum atomic E-state index is -0.334. The Hall–Kier alpha value is -3.92. The standard InChI is InChI=1S/C28H25NO3/c1-2-31-26(30)19-17-22-11-9-10-21(20-22)16-18-25-29-27(23-12-5-3-6-13-23)28(32-25)24-14-7-4-8-15-24/h3-15,17,19-20H,2,16,18H2,1H3/b19-17+. The number of benzene rings is 3. The molecule has 160 valence electrons. The number of nitrogens with zero attached hydrogens (tertiary/aromatic N) is 1. The Morgan fingerprint density at radius 3 is 2.34 bits per heavy atom. The van der Waals surface area contributed by atoms with E-state index < -0.39 is 0 Å². The predicted molar refractivity (Wildman–Crippen MR) is 127 cm³/mol. The fourth-order valence-electron chi connectivity index (χ4n) is 3.51. The van der Waals surface area contributed by atoms with Gasteiger partial charge in [-0.05, 0) is 30.5 Å². The first-order valence-corrected chi connectivity index (χ1v) is 10.8. The molecule has 0 fully saturated rings. The number of hydrogen-bond donors (Lipinski definition) is 0. The molecule has 0 aliphatic carbocycles. The van der Waals surface area contributed by atoms with Crippen molar-refractivity contribution in [3.8, 4) is 22.6 Å². The Morgan fingerprint density at radius 1 is 0.906 bits per heavy atom. The molecule has 0 radical (unpaired) electrons. The molecule has 4 heteroatoms. The zero-order valence-electron chi connectivity index (χ0n) is 18.0. The predicted octanol–water partition coefficient (Wildman–Crippen LogP) is 6.37. The minimum Gasteiger partial charge on any atom is -0.463 e. The molecule has 1 aromatic heterocycles. The average Bonchev–Trinajstić information content (AvgIpc) is 3.27. The van der Waals surface area contributed by atoms with E-state index in [2.05, 4.69) is 12.1 Å². The molecule has 0 N–H and O–H groups in total. The van der Waals surface area contributed by atoms with Crippen LogP contribution in [0.15, 0.2) is 95.4 Å². The second-order valence-electron chi connectivity index (χ2n) is 7.35. The Balaban J connectivity index is 1.54. The maximum Gasteiger partial charge on any atom is 0.330 e. The van der Waals surface area contributed by atoms with Crippen LogP contribution in [-0.2, 0) is 22.4 Å². The van der Waals surface area contributed by atoms with E-state index in [1.807, 2.05) is 72.8 Å². The first kappa shape index (κ1) is 21.3. The van der Waals surface area contributed by atoms with Gasteiger partial charge in [-0.3, -0.25) is 0 Å². The zero-order chi connectivity index (χ0) is 22.2. The van der Waals surface area contributed by atoms with Gasteiger partial charge in [0.25, 0.3) is 0 Å². The van der Waals surface area contributed by atoms with Gasteiger partial charge < -0.3 is 9.15 Å². The average molecular weight is 424 g/mol. The highest BCUT2D eigenvalue weighted by Gasteiger charge is 2.16. The van der Waals surface area contributed by atoms with E-state index in [-0.39, 0.29) is 5.97 Å². The topological polar surface area (TPSA) is 52.3 Å². The number of carbonyl (C=O) groups excluding carboxylic acids is 1.